The van der Waals surface area contributed by atoms with Crippen molar-refractivity contribution in [1.82, 2.24) is 10.3 Å². The van der Waals surface area contributed by atoms with Crippen molar-refractivity contribution in [2.75, 3.05) is 14.2 Å². The minimum absolute atomic E-state index is 0.160. The molecule has 0 saturated heterocycles. The summed E-state index contributed by atoms with van der Waals surface area (Å²) in [6.45, 7) is 1.76. The number of hydrogen-bond donors (Lipinski definition) is 1. The Morgan fingerprint density at radius 1 is 1.39 bits per heavy atom. The number of halogens is 2. The molecule has 1 amide bonds. The summed E-state index contributed by atoms with van der Waals surface area (Å²) in [7, 11) is 3.00. The van der Waals surface area contributed by atoms with Crippen LogP contribution in [0.4, 0.5) is 0 Å². The number of ether oxygens (including phenoxy) is 2. The van der Waals surface area contributed by atoms with Crippen molar-refractivity contribution < 1.29 is 14.3 Å². The van der Waals surface area contributed by atoms with Gasteiger partial charge in [-0.25, -0.2) is 4.98 Å². The summed E-state index contributed by atoms with van der Waals surface area (Å²) < 4.78 is 10.1. The van der Waals surface area contributed by atoms with E-state index in [0.717, 1.165) is 0 Å². The number of nitrogens with zero attached hydrogens (tertiary/aromatic N) is 1. The van der Waals surface area contributed by atoms with Gasteiger partial charge in [-0.05, 0) is 13.0 Å². The molecule has 5 nitrogen and oxygen atoms in total. The van der Waals surface area contributed by atoms with Gasteiger partial charge in [-0.1, -0.05) is 23.2 Å². The fraction of sp³-hybridized carbons (Fsp3) is 0.455. The SMILES string of the molecule is COC(OC)C(C)NC(=O)c1cnc(Cl)c(Cl)c1. The summed E-state index contributed by atoms with van der Waals surface area (Å²) >= 11 is 11.5. The summed E-state index contributed by atoms with van der Waals surface area (Å²) in [5, 5.41) is 3.10. The van der Waals surface area contributed by atoms with Crippen LogP contribution in [-0.4, -0.2) is 37.4 Å². The third kappa shape index (κ3) is 3.81. The Hall–Kier alpha value is -0.880. The van der Waals surface area contributed by atoms with Gasteiger partial charge in [0.05, 0.1) is 16.6 Å². The highest BCUT2D eigenvalue weighted by atomic mass is 35.5. The van der Waals surface area contributed by atoms with E-state index < -0.39 is 6.29 Å². The minimum Gasteiger partial charge on any atom is -0.354 e. The van der Waals surface area contributed by atoms with Gasteiger partial charge in [0, 0.05) is 20.4 Å². The van der Waals surface area contributed by atoms with E-state index in [9.17, 15) is 4.79 Å². The first-order valence-electron chi connectivity index (χ1n) is 5.17. The van der Waals surface area contributed by atoms with Crippen LogP contribution in [0.1, 0.15) is 17.3 Å². The van der Waals surface area contributed by atoms with E-state index >= 15 is 0 Å². The molecule has 0 spiro atoms. The van der Waals surface area contributed by atoms with Gasteiger partial charge < -0.3 is 14.8 Å². The van der Waals surface area contributed by atoms with E-state index in [1.807, 2.05) is 0 Å². The van der Waals surface area contributed by atoms with Crippen molar-refractivity contribution in [3.8, 4) is 0 Å². The molecule has 1 aromatic rings. The number of hydrogen-bond acceptors (Lipinski definition) is 4. The van der Waals surface area contributed by atoms with Crippen molar-refractivity contribution >= 4 is 29.1 Å². The van der Waals surface area contributed by atoms with Crippen LogP contribution in [0, 0.1) is 0 Å². The third-order valence-corrected chi connectivity index (χ3v) is 2.98. The summed E-state index contributed by atoms with van der Waals surface area (Å²) in [5.74, 6) is -0.326. The quantitative estimate of drug-likeness (QED) is 0.667. The Kier molecular flexibility index (Phi) is 5.81. The Bertz CT molecular complexity index is 425. The molecule has 18 heavy (non-hydrogen) atoms. The van der Waals surface area contributed by atoms with Gasteiger partial charge >= 0.3 is 0 Å². The van der Waals surface area contributed by atoms with Crippen LogP contribution >= 0.6 is 23.2 Å². The largest absolute Gasteiger partial charge is 0.354 e. The van der Waals surface area contributed by atoms with Crippen LogP contribution in [0.2, 0.25) is 10.2 Å². The van der Waals surface area contributed by atoms with Crippen molar-refractivity contribution in [2.24, 2.45) is 0 Å². The van der Waals surface area contributed by atoms with E-state index in [2.05, 4.69) is 10.3 Å². The van der Waals surface area contributed by atoms with Crippen LogP contribution in [-0.2, 0) is 9.47 Å². The van der Waals surface area contributed by atoms with Gasteiger partial charge in [-0.3, -0.25) is 4.79 Å². The average Bonchev–Trinajstić information content (AvgIpc) is 2.34. The zero-order chi connectivity index (χ0) is 13.7. The van der Waals surface area contributed by atoms with Crippen molar-refractivity contribution in [2.45, 2.75) is 19.3 Å². The second-order valence-electron chi connectivity index (χ2n) is 3.60. The maximum absolute atomic E-state index is 11.9. The molecular formula is C11H14Cl2N2O3. The van der Waals surface area contributed by atoms with Gasteiger partial charge in [-0.2, -0.15) is 0 Å². The van der Waals surface area contributed by atoms with Gasteiger partial charge in [-0.15, -0.1) is 0 Å². The van der Waals surface area contributed by atoms with Gasteiger partial charge in [0.2, 0.25) is 0 Å². The maximum atomic E-state index is 11.9. The van der Waals surface area contributed by atoms with Crippen LogP contribution < -0.4 is 5.32 Å². The topological polar surface area (TPSA) is 60.5 Å². The smallest absolute Gasteiger partial charge is 0.253 e. The van der Waals surface area contributed by atoms with E-state index in [1.165, 1.54) is 26.5 Å². The molecule has 0 bridgehead atoms. The van der Waals surface area contributed by atoms with Crippen molar-refractivity contribution in [3.05, 3.63) is 28.0 Å². The molecule has 0 radical (unpaired) electrons. The number of aromatic nitrogens is 1. The van der Waals surface area contributed by atoms with E-state index in [0.29, 0.717) is 5.56 Å². The first-order valence-corrected chi connectivity index (χ1v) is 5.92. The lowest BCUT2D eigenvalue weighted by atomic mass is 10.2. The Labute approximate surface area is 115 Å². The van der Waals surface area contributed by atoms with E-state index in [1.54, 1.807) is 6.92 Å². The lowest BCUT2D eigenvalue weighted by molar-refractivity contribution is -0.117. The molecular weight excluding hydrogens is 279 g/mol. The first kappa shape index (κ1) is 15.2. The first-order chi connectivity index (χ1) is 8.49. The number of pyridine rings is 1. The maximum Gasteiger partial charge on any atom is 0.253 e. The van der Waals surface area contributed by atoms with Crippen LogP contribution in [0.15, 0.2) is 12.3 Å². The normalized spacial score (nSPS) is 12.6. The van der Waals surface area contributed by atoms with Gasteiger partial charge in [0.1, 0.15) is 5.15 Å². The fourth-order valence-corrected chi connectivity index (χ4v) is 1.68. The second kappa shape index (κ2) is 6.89. The molecule has 0 aliphatic carbocycles. The number of nitrogens with one attached hydrogen (secondary N) is 1. The van der Waals surface area contributed by atoms with E-state index in [-0.39, 0.29) is 22.1 Å². The number of carbonyl (C=O) groups is 1. The predicted molar refractivity (Wildman–Crippen MR) is 69.0 cm³/mol. The summed E-state index contributed by atoms with van der Waals surface area (Å²) in [6.07, 6.45) is 0.829. The molecule has 1 atom stereocenters. The molecule has 100 valence electrons. The summed E-state index contributed by atoms with van der Waals surface area (Å²) in [4.78, 5) is 15.7. The van der Waals surface area contributed by atoms with Gasteiger partial charge in [0.15, 0.2) is 6.29 Å². The molecule has 1 N–H and O–H groups in total. The summed E-state index contributed by atoms with van der Waals surface area (Å²) in [6, 6.07) is 1.13. The number of carbonyl (C=O) groups excluding carboxylic acids is 1. The molecule has 1 aromatic heterocycles. The van der Waals surface area contributed by atoms with Crippen molar-refractivity contribution in [3.63, 3.8) is 0 Å². The molecule has 0 aromatic carbocycles. The number of rotatable bonds is 5. The van der Waals surface area contributed by atoms with Crippen molar-refractivity contribution in [1.29, 1.82) is 0 Å². The Morgan fingerprint density at radius 3 is 2.50 bits per heavy atom. The monoisotopic (exact) mass is 292 g/mol. The lowest BCUT2D eigenvalue weighted by Gasteiger charge is -2.22. The van der Waals surface area contributed by atoms with Crippen LogP contribution in [0.3, 0.4) is 0 Å². The Morgan fingerprint density at radius 2 is 2.00 bits per heavy atom. The Balaban J connectivity index is 2.73. The highest BCUT2D eigenvalue weighted by Crippen LogP contribution is 2.19. The average molecular weight is 293 g/mol. The molecule has 0 aliphatic rings. The molecule has 0 aliphatic heterocycles. The fourth-order valence-electron chi connectivity index (χ4n) is 1.41. The summed E-state index contributed by atoms with van der Waals surface area (Å²) in [5.41, 5.74) is 0.321. The standard InChI is InChI=1S/C11H14Cl2N2O3/c1-6(11(17-2)18-3)15-10(16)7-4-8(12)9(13)14-5-7/h4-6,11H,1-3H3,(H,15,16). The molecule has 7 heteroatoms. The van der Waals surface area contributed by atoms with Crippen LogP contribution in [0.25, 0.3) is 0 Å². The number of methoxy groups -OCH3 is 2. The lowest BCUT2D eigenvalue weighted by Crippen LogP contribution is -2.42. The molecule has 1 unspecified atom stereocenters. The van der Waals surface area contributed by atoms with Gasteiger partial charge in [0.25, 0.3) is 5.91 Å². The molecule has 1 rings (SSSR count). The minimum atomic E-state index is -0.523. The molecule has 1 heterocycles. The molecule has 0 fully saturated rings. The predicted octanol–water partition coefficient (Wildman–Crippen LogP) is 2.13. The highest BCUT2D eigenvalue weighted by Gasteiger charge is 2.19. The zero-order valence-electron chi connectivity index (χ0n) is 10.2. The third-order valence-electron chi connectivity index (χ3n) is 2.29. The zero-order valence-corrected chi connectivity index (χ0v) is 11.7. The second-order valence-corrected chi connectivity index (χ2v) is 4.36. The highest BCUT2D eigenvalue weighted by molar-refractivity contribution is 6.41. The molecule has 0 saturated carbocycles. The van der Waals surface area contributed by atoms with E-state index in [4.69, 9.17) is 32.7 Å². The number of amides is 1. The van der Waals surface area contributed by atoms with Crippen LogP contribution in [0.5, 0.6) is 0 Å².